The van der Waals surface area contributed by atoms with E-state index in [1.165, 1.54) is 0 Å². The first kappa shape index (κ1) is 12.0. The van der Waals surface area contributed by atoms with Gasteiger partial charge in [0.1, 0.15) is 5.52 Å². The molecule has 0 saturated carbocycles. The fourth-order valence-electron chi connectivity index (χ4n) is 2.71. The molecule has 1 aliphatic carbocycles. The van der Waals surface area contributed by atoms with E-state index in [4.69, 9.17) is 20.6 Å². The summed E-state index contributed by atoms with van der Waals surface area (Å²) in [6.45, 7) is 1.98. The molecule has 0 fully saturated rings. The molecule has 2 aromatic rings. The summed E-state index contributed by atoms with van der Waals surface area (Å²) in [5.41, 5.74) is 15.1. The standard InChI is InChI=1S/C15H14N4O2/c1-15-5-4-9(7-12(15)19-14(17)21-15)8-2-3-11-10(6-8)18-13(16)20-11/h2-4,6-7H,5H2,1H3,(H2,16,18)(H2,17,19). The van der Waals surface area contributed by atoms with E-state index in [0.717, 1.165) is 28.8 Å². The predicted molar refractivity (Wildman–Crippen MR) is 80.2 cm³/mol. The lowest BCUT2D eigenvalue weighted by Gasteiger charge is -2.26. The lowest BCUT2D eigenvalue weighted by Crippen LogP contribution is -2.30. The van der Waals surface area contributed by atoms with Crippen LogP contribution in [-0.4, -0.2) is 16.6 Å². The molecule has 4 rings (SSSR count). The number of nitrogen functional groups attached to an aromatic ring is 1. The fraction of sp³-hybridized carbons (Fsp3) is 0.200. The number of aliphatic imine (C=N–C) groups is 1. The highest BCUT2D eigenvalue weighted by Crippen LogP contribution is 2.39. The lowest BCUT2D eigenvalue weighted by atomic mass is 9.88. The predicted octanol–water partition coefficient (Wildman–Crippen LogP) is 2.18. The van der Waals surface area contributed by atoms with Crippen LogP contribution in [0.25, 0.3) is 16.7 Å². The SMILES string of the molecule is CC12CC=C(c3ccc4oc(N)nc4c3)C=C1N=C(N)O2. The molecule has 21 heavy (non-hydrogen) atoms. The quantitative estimate of drug-likeness (QED) is 0.835. The van der Waals surface area contributed by atoms with Gasteiger partial charge in [0.15, 0.2) is 11.2 Å². The highest BCUT2D eigenvalue weighted by Gasteiger charge is 2.38. The van der Waals surface area contributed by atoms with Gasteiger partial charge in [0.05, 0.1) is 5.70 Å². The molecule has 0 saturated heterocycles. The van der Waals surface area contributed by atoms with Crippen molar-refractivity contribution in [2.75, 3.05) is 5.73 Å². The van der Waals surface area contributed by atoms with Gasteiger partial charge in [-0.2, -0.15) is 9.98 Å². The number of rotatable bonds is 1. The second kappa shape index (κ2) is 3.88. The minimum atomic E-state index is -0.448. The van der Waals surface area contributed by atoms with Gasteiger partial charge in [-0.1, -0.05) is 12.1 Å². The number of aromatic nitrogens is 1. The second-order valence-corrected chi connectivity index (χ2v) is 5.41. The van der Waals surface area contributed by atoms with Crippen molar-refractivity contribution in [1.82, 2.24) is 4.98 Å². The van der Waals surface area contributed by atoms with Gasteiger partial charge in [0.25, 0.3) is 12.0 Å². The van der Waals surface area contributed by atoms with E-state index in [9.17, 15) is 0 Å². The molecule has 106 valence electrons. The Morgan fingerprint density at radius 3 is 3.00 bits per heavy atom. The monoisotopic (exact) mass is 282 g/mol. The van der Waals surface area contributed by atoms with Crippen LogP contribution in [0.1, 0.15) is 18.9 Å². The van der Waals surface area contributed by atoms with Crippen molar-refractivity contribution in [2.24, 2.45) is 10.7 Å². The van der Waals surface area contributed by atoms with Crippen LogP contribution in [0, 0.1) is 0 Å². The number of fused-ring (bicyclic) bond motifs is 2. The number of ether oxygens (including phenoxy) is 1. The fourth-order valence-corrected chi connectivity index (χ4v) is 2.71. The molecule has 1 aliphatic heterocycles. The van der Waals surface area contributed by atoms with Crippen molar-refractivity contribution < 1.29 is 9.15 Å². The molecule has 0 radical (unpaired) electrons. The smallest absolute Gasteiger partial charge is 0.292 e. The normalized spacial score (nSPS) is 24.1. The number of oxazole rings is 1. The third kappa shape index (κ3) is 1.79. The molecule has 2 heterocycles. The first-order valence-electron chi connectivity index (χ1n) is 6.65. The number of allylic oxidation sites excluding steroid dienone is 2. The maximum Gasteiger partial charge on any atom is 0.292 e. The first-order valence-corrected chi connectivity index (χ1v) is 6.65. The average Bonchev–Trinajstić information content (AvgIpc) is 2.93. The second-order valence-electron chi connectivity index (χ2n) is 5.41. The molecule has 6 nitrogen and oxygen atoms in total. The van der Waals surface area contributed by atoms with Gasteiger partial charge in [-0.05, 0) is 36.3 Å². The van der Waals surface area contributed by atoms with Gasteiger partial charge in [-0.15, -0.1) is 0 Å². The lowest BCUT2D eigenvalue weighted by molar-refractivity contribution is 0.132. The van der Waals surface area contributed by atoms with E-state index in [1.807, 2.05) is 31.2 Å². The van der Waals surface area contributed by atoms with Crippen LogP contribution in [-0.2, 0) is 4.74 Å². The van der Waals surface area contributed by atoms with Crippen LogP contribution >= 0.6 is 0 Å². The summed E-state index contributed by atoms with van der Waals surface area (Å²) in [4.78, 5) is 8.41. The summed E-state index contributed by atoms with van der Waals surface area (Å²) in [6, 6.07) is 6.18. The molecule has 1 unspecified atom stereocenters. The Labute approximate surface area is 120 Å². The van der Waals surface area contributed by atoms with E-state index < -0.39 is 5.60 Å². The summed E-state index contributed by atoms with van der Waals surface area (Å²) in [5.74, 6) is 0. The average molecular weight is 282 g/mol. The Morgan fingerprint density at radius 1 is 1.29 bits per heavy atom. The van der Waals surface area contributed by atoms with Crippen molar-refractivity contribution in [1.29, 1.82) is 0 Å². The summed E-state index contributed by atoms with van der Waals surface area (Å²) >= 11 is 0. The maximum atomic E-state index is 5.67. The largest absolute Gasteiger partial charge is 0.452 e. The summed E-state index contributed by atoms with van der Waals surface area (Å²) in [7, 11) is 0. The highest BCUT2D eigenvalue weighted by molar-refractivity contribution is 5.86. The Morgan fingerprint density at radius 2 is 2.14 bits per heavy atom. The van der Waals surface area contributed by atoms with Crippen LogP contribution in [0.2, 0.25) is 0 Å². The molecular weight excluding hydrogens is 268 g/mol. The molecule has 0 amide bonds. The van der Waals surface area contributed by atoms with E-state index in [1.54, 1.807) is 0 Å². The van der Waals surface area contributed by atoms with Crippen LogP contribution in [0.15, 0.2) is 45.5 Å². The third-order valence-electron chi connectivity index (χ3n) is 3.84. The molecule has 0 bridgehead atoms. The number of nitrogens with zero attached hydrogens (tertiary/aromatic N) is 2. The zero-order valence-corrected chi connectivity index (χ0v) is 11.5. The van der Waals surface area contributed by atoms with Crippen LogP contribution in [0.4, 0.5) is 6.01 Å². The van der Waals surface area contributed by atoms with Gasteiger partial charge >= 0.3 is 0 Å². The number of benzene rings is 1. The Bertz CT molecular complexity index is 846. The molecule has 1 atom stereocenters. The van der Waals surface area contributed by atoms with E-state index in [0.29, 0.717) is 5.58 Å². The van der Waals surface area contributed by atoms with Crippen LogP contribution in [0.3, 0.4) is 0 Å². The van der Waals surface area contributed by atoms with Crippen molar-refractivity contribution >= 4 is 28.7 Å². The minimum Gasteiger partial charge on any atom is -0.452 e. The maximum absolute atomic E-state index is 5.67. The third-order valence-corrected chi connectivity index (χ3v) is 3.84. The van der Waals surface area contributed by atoms with E-state index >= 15 is 0 Å². The van der Waals surface area contributed by atoms with E-state index in [-0.39, 0.29) is 12.0 Å². The first-order chi connectivity index (χ1) is 10.0. The van der Waals surface area contributed by atoms with E-state index in [2.05, 4.69) is 16.1 Å². The van der Waals surface area contributed by atoms with Crippen LogP contribution in [0.5, 0.6) is 0 Å². The summed E-state index contributed by atoms with van der Waals surface area (Å²) in [5, 5.41) is 0. The Balaban J connectivity index is 1.77. The minimum absolute atomic E-state index is 0.173. The Hall–Kier alpha value is -2.76. The van der Waals surface area contributed by atoms with Crippen molar-refractivity contribution in [3.63, 3.8) is 0 Å². The molecular formula is C15H14N4O2. The zero-order valence-electron chi connectivity index (χ0n) is 11.5. The number of hydrogen-bond donors (Lipinski definition) is 2. The van der Waals surface area contributed by atoms with Crippen molar-refractivity contribution in [3.05, 3.63) is 41.6 Å². The van der Waals surface area contributed by atoms with Gasteiger partial charge in [-0.25, -0.2) is 0 Å². The van der Waals surface area contributed by atoms with Gasteiger partial charge < -0.3 is 20.6 Å². The number of hydrogen-bond acceptors (Lipinski definition) is 6. The summed E-state index contributed by atoms with van der Waals surface area (Å²) < 4.78 is 10.9. The van der Waals surface area contributed by atoms with Crippen molar-refractivity contribution in [3.8, 4) is 0 Å². The molecule has 1 aromatic carbocycles. The van der Waals surface area contributed by atoms with Crippen molar-refractivity contribution in [2.45, 2.75) is 18.9 Å². The molecule has 6 heteroatoms. The molecule has 2 aliphatic rings. The number of nitrogens with two attached hydrogens (primary N) is 2. The Kier molecular flexibility index (Phi) is 2.22. The van der Waals surface area contributed by atoms with Gasteiger partial charge in [0, 0.05) is 6.42 Å². The highest BCUT2D eigenvalue weighted by atomic mass is 16.5. The molecule has 1 aromatic heterocycles. The zero-order chi connectivity index (χ0) is 14.6. The van der Waals surface area contributed by atoms with Gasteiger partial charge in [-0.3, -0.25) is 0 Å². The molecule has 0 spiro atoms. The number of amidine groups is 1. The van der Waals surface area contributed by atoms with Crippen LogP contribution < -0.4 is 11.5 Å². The summed E-state index contributed by atoms with van der Waals surface area (Å²) in [6.07, 6.45) is 4.83. The van der Waals surface area contributed by atoms with Gasteiger partial charge in [0.2, 0.25) is 0 Å². The molecule has 4 N–H and O–H groups in total. The number of anilines is 1. The topological polar surface area (TPSA) is 99.7 Å².